The third kappa shape index (κ3) is 3.93. The quantitative estimate of drug-likeness (QED) is 0.696. The normalized spacial score (nSPS) is 13.6. The first-order chi connectivity index (χ1) is 12.0. The van der Waals surface area contributed by atoms with Crippen LogP contribution in [0.4, 0.5) is 0 Å². The van der Waals surface area contributed by atoms with Crippen LogP contribution in [0.3, 0.4) is 0 Å². The van der Waals surface area contributed by atoms with Gasteiger partial charge in [-0.2, -0.15) is 5.10 Å². The van der Waals surface area contributed by atoms with Gasteiger partial charge in [-0.3, -0.25) is 0 Å². The summed E-state index contributed by atoms with van der Waals surface area (Å²) in [6, 6.07) is 19.2. The molecule has 4 nitrogen and oxygen atoms in total. The third-order valence-electron chi connectivity index (χ3n) is 4.22. The van der Waals surface area contributed by atoms with E-state index in [1.807, 2.05) is 65.3 Å². The van der Waals surface area contributed by atoms with Crippen LogP contribution < -0.4 is 0 Å². The summed E-state index contributed by atoms with van der Waals surface area (Å²) in [5.41, 5.74) is 2.22. The van der Waals surface area contributed by atoms with E-state index in [1.165, 1.54) is 0 Å². The first kappa shape index (κ1) is 17.7. The minimum absolute atomic E-state index is 0.0413. The lowest BCUT2D eigenvalue weighted by molar-refractivity contribution is 0.0357. The minimum Gasteiger partial charge on any atom is -0.396 e. The van der Waals surface area contributed by atoms with E-state index < -0.39 is 5.60 Å². The maximum Gasteiger partial charge on any atom is 0.106 e. The summed E-state index contributed by atoms with van der Waals surface area (Å²) >= 11 is 6.00. The molecule has 1 atom stereocenters. The molecule has 1 heterocycles. The van der Waals surface area contributed by atoms with Crippen molar-refractivity contribution < 1.29 is 10.2 Å². The fraction of sp³-hybridized carbons (Fsp3) is 0.250. The summed E-state index contributed by atoms with van der Waals surface area (Å²) in [4.78, 5) is 0. The highest BCUT2D eigenvalue weighted by Gasteiger charge is 2.27. The van der Waals surface area contributed by atoms with Crippen LogP contribution in [-0.4, -0.2) is 26.6 Å². The van der Waals surface area contributed by atoms with E-state index in [0.29, 0.717) is 23.6 Å². The number of para-hydroxylation sites is 1. The van der Waals surface area contributed by atoms with E-state index in [9.17, 15) is 5.11 Å². The van der Waals surface area contributed by atoms with Gasteiger partial charge in [-0.1, -0.05) is 41.9 Å². The molecular formula is C20H21ClN2O2. The maximum atomic E-state index is 10.8. The highest BCUT2D eigenvalue weighted by Crippen LogP contribution is 2.31. The molecule has 0 spiro atoms. The van der Waals surface area contributed by atoms with Gasteiger partial charge in [0, 0.05) is 17.2 Å². The predicted molar refractivity (Wildman–Crippen MR) is 99.9 cm³/mol. The third-order valence-corrected chi connectivity index (χ3v) is 4.48. The lowest BCUT2D eigenvalue weighted by atomic mass is 9.96. The Hall–Kier alpha value is -2.14. The van der Waals surface area contributed by atoms with Crippen LogP contribution in [0.2, 0.25) is 5.02 Å². The first-order valence-electron chi connectivity index (χ1n) is 8.26. The van der Waals surface area contributed by atoms with Crippen molar-refractivity contribution >= 4 is 11.6 Å². The monoisotopic (exact) mass is 356 g/mol. The molecule has 2 aromatic carbocycles. The summed E-state index contributed by atoms with van der Waals surface area (Å²) in [6.45, 7) is 1.77. The molecule has 3 rings (SSSR count). The molecule has 0 saturated carbocycles. The average molecular weight is 357 g/mol. The number of aliphatic hydroxyl groups excluding tert-OH is 1. The van der Waals surface area contributed by atoms with Gasteiger partial charge < -0.3 is 10.2 Å². The van der Waals surface area contributed by atoms with Crippen LogP contribution in [0.5, 0.6) is 0 Å². The molecule has 3 aromatic rings. The van der Waals surface area contributed by atoms with Crippen LogP contribution in [0.25, 0.3) is 16.9 Å². The molecule has 25 heavy (non-hydrogen) atoms. The zero-order chi connectivity index (χ0) is 17.9. The molecule has 2 N–H and O–H groups in total. The number of aliphatic hydroxyl groups is 2. The minimum atomic E-state index is -1.11. The molecule has 5 heteroatoms. The second-order valence-corrected chi connectivity index (χ2v) is 6.71. The van der Waals surface area contributed by atoms with Crippen LogP contribution in [-0.2, 0) is 5.60 Å². The summed E-state index contributed by atoms with van der Waals surface area (Å²) < 4.78 is 1.83. The zero-order valence-electron chi connectivity index (χ0n) is 14.1. The van der Waals surface area contributed by atoms with Crippen molar-refractivity contribution in [3.05, 3.63) is 71.4 Å². The Morgan fingerprint density at radius 2 is 1.76 bits per heavy atom. The Bertz CT molecular complexity index is 827. The van der Waals surface area contributed by atoms with Gasteiger partial charge in [0.25, 0.3) is 0 Å². The predicted octanol–water partition coefficient (Wildman–Crippen LogP) is 4.17. The van der Waals surface area contributed by atoms with Gasteiger partial charge in [-0.25, -0.2) is 4.68 Å². The molecule has 1 unspecified atom stereocenters. The first-order valence-corrected chi connectivity index (χ1v) is 8.64. The summed E-state index contributed by atoms with van der Waals surface area (Å²) in [6.07, 6.45) is 0.955. The van der Waals surface area contributed by atoms with Crippen molar-refractivity contribution in [2.75, 3.05) is 6.61 Å². The van der Waals surface area contributed by atoms with E-state index >= 15 is 0 Å². The molecule has 0 fully saturated rings. The van der Waals surface area contributed by atoms with Gasteiger partial charge in [0.05, 0.1) is 17.1 Å². The summed E-state index contributed by atoms with van der Waals surface area (Å²) in [5.74, 6) is 0. The lowest BCUT2D eigenvalue weighted by Gasteiger charge is -2.20. The number of hydrogen-bond acceptors (Lipinski definition) is 3. The van der Waals surface area contributed by atoms with Crippen LogP contribution in [0.1, 0.15) is 25.5 Å². The van der Waals surface area contributed by atoms with Gasteiger partial charge in [0.1, 0.15) is 5.60 Å². The van der Waals surface area contributed by atoms with E-state index in [2.05, 4.69) is 5.10 Å². The molecular weight excluding hydrogens is 336 g/mol. The lowest BCUT2D eigenvalue weighted by Crippen LogP contribution is -2.22. The standard InChI is InChI=1S/C20H21ClN2O2/c1-20(25,12-5-13-24)19-14-18(15-8-10-16(21)11-9-15)23(22-19)17-6-3-2-4-7-17/h2-4,6-11,14,24-25H,5,12-13H2,1H3. The molecule has 0 saturated heterocycles. The molecule has 0 bridgehead atoms. The number of benzene rings is 2. The second kappa shape index (κ2) is 7.40. The van der Waals surface area contributed by atoms with Gasteiger partial charge in [-0.15, -0.1) is 0 Å². The molecule has 0 aliphatic rings. The maximum absolute atomic E-state index is 10.8. The Labute approximate surface area is 152 Å². The molecule has 0 radical (unpaired) electrons. The van der Waals surface area contributed by atoms with Gasteiger partial charge in [-0.05, 0) is 50.1 Å². The number of nitrogens with zero attached hydrogens (tertiary/aromatic N) is 2. The van der Waals surface area contributed by atoms with Crippen LogP contribution in [0.15, 0.2) is 60.7 Å². The molecule has 0 amide bonds. The molecule has 0 aliphatic heterocycles. The molecule has 1 aromatic heterocycles. The fourth-order valence-corrected chi connectivity index (χ4v) is 2.91. The van der Waals surface area contributed by atoms with Gasteiger partial charge >= 0.3 is 0 Å². The Balaban J connectivity index is 2.10. The number of halogens is 1. The topological polar surface area (TPSA) is 58.3 Å². The van der Waals surface area contributed by atoms with E-state index in [-0.39, 0.29) is 6.61 Å². The second-order valence-electron chi connectivity index (χ2n) is 6.27. The van der Waals surface area contributed by atoms with Crippen molar-refractivity contribution in [2.45, 2.75) is 25.4 Å². The fourth-order valence-electron chi connectivity index (χ4n) is 2.79. The van der Waals surface area contributed by atoms with E-state index in [1.54, 1.807) is 6.92 Å². The Kier molecular flexibility index (Phi) is 5.23. The number of rotatable bonds is 6. The van der Waals surface area contributed by atoms with Gasteiger partial charge in [0.15, 0.2) is 0 Å². The highest BCUT2D eigenvalue weighted by atomic mass is 35.5. The highest BCUT2D eigenvalue weighted by molar-refractivity contribution is 6.30. The zero-order valence-corrected chi connectivity index (χ0v) is 14.8. The van der Waals surface area contributed by atoms with Crippen LogP contribution >= 0.6 is 11.6 Å². The average Bonchev–Trinajstić information content (AvgIpc) is 3.08. The van der Waals surface area contributed by atoms with Crippen molar-refractivity contribution in [2.24, 2.45) is 0 Å². The van der Waals surface area contributed by atoms with Gasteiger partial charge in [0.2, 0.25) is 0 Å². The largest absolute Gasteiger partial charge is 0.396 e. The van der Waals surface area contributed by atoms with E-state index in [0.717, 1.165) is 16.9 Å². The SMILES string of the molecule is CC(O)(CCCO)c1cc(-c2ccc(Cl)cc2)n(-c2ccccc2)n1. The Morgan fingerprint density at radius 1 is 1.08 bits per heavy atom. The van der Waals surface area contributed by atoms with Crippen molar-refractivity contribution in [3.8, 4) is 16.9 Å². The van der Waals surface area contributed by atoms with Crippen LogP contribution in [0, 0.1) is 0 Å². The summed E-state index contributed by atoms with van der Waals surface area (Å²) in [7, 11) is 0. The summed E-state index contributed by atoms with van der Waals surface area (Å²) in [5, 5.41) is 25.2. The molecule has 0 aliphatic carbocycles. The van der Waals surface area contributed by atoms with Crippen molar-refractivity contribution in [1.29, 1.82) is 0 Å². The van der Waals surface area contributed by atoms with Crippen molar-refractivity contribution in [1.82, 2.24) is 9.78 Å². The Morgan fingerprint density at radius 3 is 2.40 bits per heavy atom. The van der Waals surface area contributed by atoms with Crippen molar-refractivity contribution in [3.63, 3.8) is 0 Å². The molecule has 130 valence electrons. The number of hydrogen-bond donors (Lipinski definition) is 2. The van der Waals surface area contributed by atoms with E-state index in [4.69, 9.17) is 16.7 Å². The number of aromatic nitrogens is 2. The smallest absolute Gasteiger partial charge is 0.106 e.